The lowest BCUT2D eigenvalue weighted by Gasteiger charge is -2.23. The molecule has 1 N–H and O–H groups in total. The molecule has 0 aromatic carbocycles. The molecule has 2 rings (SSSR count). The van der Waals surface area contributed by atoms with Gasteiger partial charge in [-0.15, -0.1) is 0 Å². The molecular weight excluding hydrogens is 188 g/mol. The smallest absolute Gasteiger partial charge is 0.227 e. The molecule has 2 aliphatic heterocycles. The predicted molar refractivity (Wildman–Crippen MR) is 60.6 cm³/mol. The molecule has 2 heterocycles. The van der Waals surface area contributed by atoms with Crippen molar-refractivity contribution in [3.05, 3.63) is 0 Å². The van der Waals surface area contributed by atoms with Crippen molar-refractivity contribution in [1.29, 1.82) is 0 Å². The number of rotatable bonds is 1. The molecular formula is C12H22N2O. The highest BCUT2D eigenvalue weighted by molar-refractivity contribution is 5.79. The summed E-state index contributed by atoms with van der Waals surface area (Å²) in [7, 11) is 0. The minimum Gasteiger partial charge on any atom is -0.342 e. The van der Waals surface area contributed by atoms with Crippen LogP contribution in [0.1, 0.15) is 32.6 Å². The number of nitrogens with one attached hydrogen (secondary N) is 1. The van der Waals surface area contributed by atoms with Crippen LogP contribution < -0.4 is 5.32 Å². The SMILES string of the molecule is CC1CCCN(C(=O)[C@@H]2CCNC2)CC1. The summed E-state index contributed by atoms with van der Waals surface area (Å²) in [5.41, 5.74) is 0. The number of nitrogens with zero attached hydrogens (tertiary/aromatic N) is 1. The molecule has 0 aromatic heterocycles. The summed E-state index contributed by atoms with van der Waals surface area (Å²) in [6.45, 7) is 6.17. The third-order valence-corrected chi connectivity index (χ3v) is 3.74. The van der Waals surface area contributed by atoms with Gasteiger partial charge in [-0.25, -0.2) is 0 Å². The maximum atomic E-state index is 12.1. The van der Waals surface area contributed by atoms with Crippen LogP contribution in [0.25, 0.3) is 0 Å². The number of carbonyl (C=O) groups excluding carboxylic acids is 1. The van der Waals surface area contributed by atoms with Gasteiger partial charge in [-0.2, -0.15) is 0 Å². The van der Waals surface area contributed by atoms with E-state index in [0.29, 0.717) is 5.91 Å². The molecule has 3 heteroatoms. The van der Waals surface area contributed by atoms with Crippen LogP contribution in [0, 0.1) is 11.8 Å². The Bertz CT molecular complexity index is 224. The lowest BCUT2D eigenvalue weighted by Crippen LogP contribution is -2.37. The van der Waals surface area contributed by atoms with Gasteiger partial charge in [-0.05, 0) is 38.1 Å². The maximum Gasteiger partial charge on any atom is 0.227 e. The molecule has 2 saturated heterocycles. The second-order valence-corrected chi connectivity index (χ2v) is 5.05. The van der Waals surface area contributed by atoms with Gasteiger partial charge in [0.15, 0.2) is 0 Å². The van der Waals surface area contributed by atoms with Crippen LogP contribution in [0.2, 0.25) is 0 Å². The van der Waals surface area contributed by atoms with E-state index in [-0.39, 0.29) is 5.92 Å². The third kappa shape index (κ3) is 2.71. The van der Waals surface area contributed by atoms with Gasteiger partial charge in [0.2, 0.25) is 5.91 Å². The van der Waals surface area contributed by atoms with E-state index in [1.165, 1.54) is 19.3 Å². The second-order valence-electron chi connectivity index (χ2n) is 5.05. The van der Waals surface area contributed by atoms with E-state index >= 15 is 0 Å². The predicted octanol–water partition coefficient (Wildman–Crippen LogP) is 1.24. The maximum absolute atomic E-state index is 12.1. The molecule has 0 saturated carbocycles. The normalized spacial score (nSPS) is 32.7. The Morgan fingerprint density at radius 1 is 1.27 bits per heavy atom. The zero-order valence-electron chi connectivity index (χ0n) is 9.67. The van der Waals surface area contributed by atoms with Crippen molar-refractivity contribution >= 4 is 5.91 Å². The van der Waals surface area contributed by atoms with Gasteiger partial charge in [0.05, 0.1) is 5.92 Å². The van der Waals surface area contributed by atoms with Gasteiger partial charge in [0.1, 0.15) is 0 Å². The number of hydrogen-bond acceptors (Lipinski definition) is 2. The Balaban J connectivity index is 1.88. The van der Waals surface area contributed by atoms with Gasteiger partial charge >= 0.3 is 0 Å². The molecule has 0 aliphatic carbocycles. The summed E-state index contributed by atoms with van der Waals surface area (Å²) in [4.78, 5) is 14.2. The molecule has 0 radical (unpaired) electrons. The fraction of sp³-hybridized carbons (Fsp3) is 0.917. The van der Waals surface area contributed by atoms with Gasteiger partial charge in [0, 0.05) is 19.6 Å². The zero-order valence-corrected chi connectivity index (χ0v) is 9.67. The van der Waals surface area contributed by atoms with Gasteiger partial charge in [0.25, 0.3) is 0 Å². The number of hydrogen-bond donors (Lipinski definition) is 1. The zero-order chi connectivity index (χ0) is 10.7. The molecule has 1 unspecified atom stereocenters. The van der Waals surface area contributed by atoms with Crippen LogP contribution in [-0.4, -0.2) is 37.0 Å². The summed E-state index contributed by atoms with van der Waals surface area (Å²) in [6, 6.07) is 0. The fourth-order valence-electron chi connectivity index (χ4n) is 2.61. The van der Waals surface area contributed by atoms with Crippen molar-refractivity contribution in [2.45, 2.75) is 32.6 Å². The molecule has 0 bridgehead atoms. The fourth-order valence-corrected chi connectivity index (χ4v) is 2.61. The number of likely N-dealkylation sites (tertiary alicyclic amines) is 1. The van der Waals surface area contributed by atoms with E-state index < -0.39 is 0 Å². The summed E-state index contributed by atoms with van der Waals surface area (Å²) >= 11 is 0. The van der Waals surface area contributed by atoms with Crippen molar-refractivity contribution < 1.29 is 4.79 Å². The van der Waals surface area contributed by atoms with Crippen molar-refractivity contribution in [3.8, 4) is 0 Å². The first-order valence-electron chi connectivity index (χ1n) is 6.27. The van der Waals surface area contributed by atoms with Gasteiger partial charge in [-0.1, -0.05) is 6.92 Å². The van der Waals surface area contributed by atoms with Crippen LogP contribution in [0.4, 0.5) is 0 Å². The number of amides is 1. The van der Waals surface area contributed by atoms with Gasteiger partial charge < -0.3 is 10.2 Å². The molecule has 2 aliphatic rings. The minimum absolute atomic E-state index is 0.262. The quantitative estimate of drug-likeness (QED) is 0.706. The molecule has 2 atom stereocenters. The minimum atomic E-state index is 0.262. The molecule has 15 heavy (non-hydrogen) atoms. The topological polar surface area (TPSA) is 32.3 Å². The standard InChI is InChI=1S/C12H22N2O/c1-10-3-2-7-14(8-5-10)12(15)11-4-6-13-9-11/h10-11,13H,2-9H2,1H3/t10?,11-/m1/s1. The average molecular weight is 210 g/mol. The Morgan fingerprint density at radius 2 is 2.13 bits per heavy atom. The van der Waals surface area contributed by atoms with Crippen LogP contribution in [0.3, 0.4) is 0 Å². The van der Waals surface area contributed by atoms with Crippen molar-refractivity contribution in [2.24, 2.45) is 11.8 Å². The highest BCUT2D eigenvalue weighted by Gasteiger charge is 2.27. The van der Waals surface area contributed by atoms with Crippen LogP contribution >= 0.6 is 0 Å². The molecule has 1 amide bonds. The van der Waals surface area contributed by atoms with E-state index in [4.69, 9.17) is 0 Å². The summed E-state index contributed by atoms with van der Waals surface area (Å²) in [5.74, 6) is 1.46. The highest BCUT2D eigenvalue weighted by atomic mass is 16.2. The Labute approximate surface area is 92.2 Å². The van der Waals surface area contributed by atoms with Crippen molar-refractivity contribution in [2.75, 3.05) is 26.2 Å². The number of carbonyl (C=O) groups is 1. The Kier molecular flexibility index (Phi) is 3.62. The first-order chi connectivity index (χ1) is 7.27. The summed E-state index contributed by atoms with van der Waals surface area (Å²) in [6.07, 6.45) is 4.69. The van der Waals surface area contributed by atoms with Crippen LogP contribution in [0.5, 0.6) is 0 Å². The monoisotopic (exact) mass is 210 g/mol. The van der Waals surface area contributed by atoms with Crippen LogP contribution in [0.15, 0.2) is 0 Å². The molecule has 2 fully saturated rings. The molecule has 3 nitrogen and oxygen atoms in total. The molecule has 86 valence electrons. The molecule has 0 aromatic rings. The van der Waals surface area contributed by atoms with Crippen LogP contribution in [-0.2, 0) is 4.79 Å². The van der Waals surface area contributed by atoms with E-state index in [1.54, 1.807) is 0 Å². The highest BCUT2D eigenvalue weighted by Crippen LogP contribution is 2.19. The van der Waals surface area contributed by atoms with Crippen molar-refractivity contribution in [3.63, 3.8) is 0 Å². The van der Waals surface area contributed by atoms with E-state index in [2.05, 4.69) is 17.1 Å². The molecule has 0 spiro atoms. The lowest BCUT2D eigenvalue weighted by molar-refractivity contribution is -0.134. The van der Waals surface area contributed by atoms with E-state index in [9.17, 15) is 4.79 Å². The van der Waals surface area contributed by atoms with E-state index in [1.807, 2.05) is 0 Å². The summed E-state index contributed by atoms with van der Waals surface area (Å²) in [5, 5.41) is 3.27. The first kappa shape index (κ1) is 10.9. The van der Waals surface area contributed by atoms with E-state index in [0.717, 1.165) is 38.5 Å². The Morgan fingerprint density at radius 3 is 2.87 bits per heavy atom. The Hall–Kier alpha value is -0.570. The largest absolute Gasteiger partial charge is 0.342 e. The second kappa shape index (κ2) is 4.97. The lowest BCUT2D eigenvalue weighted by atomic mass is 10.0. The third-order valence-electron chi connectivity index (χ3n) is 3.74. The average Bonchev–Trinajstić information content (AvgIpc) is 2.67. The summed E-state index contributed by atoms with van der Waals surface area (Å²) < 4.78 is 0. The van der Waals surface area contributed by atoms with Crippen molar-refractivity contribution in [1.82, 2.24) is 10.2 Å². The first-order valence-corrected chi connectivity index (χ1v) is 6.27. The van der Waals surface area contributed by atoms with Gasteiger partial charge in [-0.3, -0.25) is 4.79 Å².